The van der Waals surface area contributed by atoms with Crippen LogP contribution in [0.5, 0.6) is 0 Å². The normalized spacial score (nSPS) is 9.80. The summed E-state index contributed by atoms with van der Waals surface area (Å²) in [5.41, 5.74) is 0.769. The average Bonchev–Trinajstić information content (AvgIpc) is 1.94. The first-order chi connectivity index (χ1) is 4.84. The molecule has 0 aliphatic carbocycles. The Morgan fingerprint density at radius 2 is 2.40 bits per heavy atom. The van der Waals surface area contributed by atoms with Gasteiger partial charge in [0.05, 0.1) is 0 Å². The lowest BCUT2D eigenvalue weighted by Crippen LogP contribution is -1.87. The van der Waals surface area contributed by atoms with Crippen LogP contribution in [0.1, 0.15) is 18.9 Å². The predicted octanol–water partition coefficient (Wildman–Crippen LogP) is 2.58. The number of benzene rings is 1. The molecule has 0 saturated heterocycles. The molecule has 0 atom stereocenters. The van der Waals surface area contributed by atoms with E-state index in [9.17, 15) is 4.39 Å². The molecular formula is C9H10F. The maximum Gasteiger partial charge on any atom is 0.126 e. The molecule has 0 bridgehead atoms. The highest BCUT2D eigenvalue weighted by atomic mass is 19.1. The maximum absolute atomic E-state index is 12.8. The van der Waals surface area contributed by atoms with Gasteiger partial charge < -0.3 is 0 Å². The molecule has 1 rings (SSSR count). The monoisotopic (exact) mass is 137 g/mol. The first-order valence-electron chi connectivity index (χ1n) is 3.49. The van der Waals surface area contributed by atoms with Crippen LogP contribution < -0.4 is 0 Å². The highest BCUT2D eigenvalue weighted by Crippen LogP contribution is 2.07. The lowest BCUT2D eigenvalue weighted by molar-refractivity contribution is 0.607. The third kappa shape index (κ3) is 1.56. The van der Waals surface area contributed by atoms with E-state index in [1.165, 1.54) is 6.07 Å². The third-order valence-corrected chi connectivity index (χ3v) is 1.41. The summed E-state index contributed by atoms with van der Waals surface area (Å²) in [4.78, 5) is 0. The van der Waals surface area contributed by atoms with E-state index in [1.54, 1.807) is 12.1 Å². The molecule has 0 aliphatic rings. The second-order valence-corrected chi connectivity index (χ2v) is 2.27. The van der Waals surface area contributed by atoms with Crippen LogP contribution in [0.2, 0.25) is 0 Å². The van der Waals surface area contributed by atoms with Gasteiger partial charge in [0, 0.05) is 0 Å². The summed E-state index contributed by atoms with van der Waals surface area (Å²) >= 11 is 0. The molecule has 0 heterocycles. The lowest BCUT2D eigenvalue weighted by Gasteiger charge is -1.97. The SMILES string of the molecule is CCCc1c[c]ccc1F. The van der Waals surface area contributed by atoms with Crippen LogP contribution in [0.4, 0.5) is 4.39 Å². The van der Waals surface area contributed by atoms with E-state index in [1.807, 2.05) is 6.92 Å². The van der Waals surface area contributed by atoms with Crippen molar-refractivity contribution in [2.24, 2.45) is 0 Å². The van der Waals surface area contributed by atoms with Gasteiger partial charge in [-0.3, -0.25) is 0 Å². The van der Waals surface area contributed by atoms with Gasteiger partial charge in [0.25, 0.3) is 0 Å². The van der Waals surface area contributed by atoms with Crippen LogP contribution >= 0.6 is 0 Å². The van der Waals surface area contributed by atoms with Crippen molar-refractivity contribution in [1.29, 1.82) is 0 Å². The highest BCUT2D eigenvalue weighted by molar-refractivity contribution is 5.16. The first-order valence-corrected chi connectivity index (χ1v) is 3.49. The van der Waals surface area contributed by atoms with Gasteiger partial charge in [0.15, 0.2) is 0 Å². The van der Waals surface area contributed by atoms with Crippen molar-refractivity contribution >= 4 is 0 Å². The van der Waals surface area contributed by atoms with E-state index in [0.29, 0.717) is 0 Å². The molecular weight excluding hydrogens is 127 g/mol. The van der Waals surface area contributed by atoms with Crippen LogP contribution in [0.15, 0.2) is 18.2 Å². The van der Waals surface area contributed by atoms with Gasteiger partial charge in [-0.25, -0.2) is 4.39 Å². The van der Waals surface area contributed by atoms with Crippen molar-refractivity contribution < 1.29 is 4.39 Å². The van der Waals surface area contributed by atoms with E-state index in [2.05, 4.69) is 6.07 Å². The fourth-order valence-electron chi connectivity index (χ4n) is 0.907. The van der Waals surface area contributed by atoms with Crippen LogP contribution in [0.25, 0.3) is 0 Å². The summed E-state index contributed by atoms with van der Waals surface area (Å²) in [6.45, 7) is 2.03. The molecule has 0 aliphatic heterocycles. The van der Waals surface area contributed by atoms with E-state index in [0.717, 1.165) is 18.4 Å². The molecule has 10 heavy (non-hydrogen) atoms. The molecule has 0 amide bonds. The van der Waals surface area contributed by atoms with Gasteiger partial charge in [-0.2, -0.15) is 0 Å². The Morgan fingerprint density at radius 3 is 3.00 bits per heavy atom. The zero-order chi connectivity index (χ0) is 7.40. The minimum Gasteiger partial charge on any atom is -0.207 e. The average molecular weight is 137 g/mol. The number of halogens is 1. The van der Waals surface area contributed by atoms with Crippen molar-refractivity contribution in [3.8, 4) is 0 Å². The van der Waals surface area contributed by atoms with Gasteiger partial charge in [0.1, 0.15) is 5.82 Å². The molecule has 53 valence electrons. The number of aryl methyl sites for hydroxylation is 1. The number of hydrogen-bond donors (Lipinski definition) is 0. The van der Waals surface area contributed by atoms with Crippen LogP contribution in [-0.2, 0) is 6.42 Å². The number of rotatable bonds is 2. The Balaban J connectivity index is 2.81. The van der Waals surface area contributed by atoms with Gasteiger partial charge in [0.2, 0.25) is 0 Å². The Kier molecular flexibility index (Phi) is 2.43. The summed E-state index contributed by atoms with van der Waals surface area (Å²) in [7, 11) is 0. The molecule has 1 radical (unpaired) electrons. The number of hydrogen-bond acceptors (Lipinski definition) is 0. The summed E-state index contributed by atoms with van der Waals surface area (Å²) < 4.78 is 12.8. The largest absolute Gasteiger partial charge is 0.207 e. The highest BCUT2D eigenvalue weighted by Gasteiger charge is 1.96. The molecule has 0 unspecified atom stereocenters. The molecule has 1 aromatic carbocycles. The molecule has 1 heteroatoms. The van der Waals surface area contributed by atoms with E-state index in [-0.39, 0.29) is 5.82 Å². The van der Waals surface area contributed by atoms with Crippen LogP contribution in [-0.4, -0.2) is 0 Å². The Hall–Kier alpha value is -0.850. The van der Waals surface area contributed by atoms with Gasteiger partial charge in [-0.05, 0) is 30.2 Å². The summed E-state index contributed by atoms with van der Waals surface area (Å²) in [5.74, 6) is -0.111. The van der Waals surface area contributed by atoms with E-state index < -0.39 is 0 Å². The second kappa shape index (κ2) is 3.35. The Labute approximate surface area is 60.7 Å². The van der Waals surface area contributed by atoms with E-state index in [4.69, 9.17) is 0 Å². The zero-order valence-corrected chi connectivity index (χ0v) is 6.02. The zero-order valence-electron chi connectivity index (χ0n) is 6.02. The van der Waals surface area contributed by atoms with Crippen molar-refractivity contribution in [2.45, 2.75) is 19.8 Å². The topological polar surface area (TPSA) is 0 Å². The maximum atomic E-state index is 12.8. The lowest BCUT2D eigenvalue weighted by atomic mass is 10.1. The fourth-order valence-corrected chi connectivity index (χ4v) is 0.907. The van der Waals surface area contributed by atoms with Gasteiger partial charge in [-0.15, -0.1) is 0 Å². The standard InChI is InChI=1S/C9H10F/c1-2-5-8-6-3-4-7-9(8)10/h4,6-7H,2,5H2,1H3. The molecule has 1 aromatic rings. The smallest absolute Gasteiger partial charge is 0.126 e. The van der Waals surface area contributed by atoms with Gasteiger partial charge >= 0.3 is 0 Å². The Morgan fingerprint density at radius 1 is 1.60 bits per heavy atom. The summed E-state index contributed by atoms with van der Waals surface area (Å²) in [6.07, 6.45) is 1.79. The van der Waals surface area contributed by atoms with Crippen molar-refractivity contribution in [3.63, 3.8) is 0 Å². The molecule has 0 fully saturated rings. The quantitative estimate of drug-likeness (QED) is 0.587. The molecule has 0 N–H and O–H groups in total. The molecule has 0 aromatic heterocycles. The van der Waals surface area contributed by atoms with E-state index >= 15 is 0 Å². The molecule has 0 nitrogen and oxygen atoms in total. The third-order valence-electron chi connectivity index (χ3n) is 1.41. The van der Waals surface area contributed by atoms with Crippen molar-refractivity contribution in [1.82, 2.24) is 0 Å². The van der Waals surface area contributed by atoms with Crippen LogP contribution in [0.3, 0.4) is 0 Å². The van der Waals surface area contributed by atoms with Crippen molar-refractivity contribution in [3.05, 3.63) is 35.6 Å². The van der Waals surface area contributed by atoms with Crippen LogP contribution in [0, 0.1) is 11.9 Å². The molecule has 0 spiro atoms. The minimum absolute atomic E-state index is 0.111. The second-order valence-electron chi connectivity index (χ2n) is 2.27. The molecule has 0 saturated carbocycles. The van der Waals surface area contributed by atoms with Gasteiger partial charge in [-0.1, -0.05) is 19.4 Å². The fraction of sp³-hybridized carbons (Fsp3) is 0.333. The Bertz CT molecular complexity index is 206. The minimum atomic E-state index is -0.111. The summed E-state index contributed by atoms with van der Waals surface area (Å²) in [5, 5.41) is 0. The summed E-state index contributed by atoms with van der Waals surface area (Å²) in [6, 6.07) is 7.59. The van der Waals surface area contributed by atoms with Crippen molar-refractivity contribution in [2.75, 3.05) is 0 Å². The first kappa shape index (κ1) is 7.26. The predicted molar refractivity (Wildman–Crippen MR) is 39.2 cm³/mol.